The summed E-state index contributed by atoms with van der Waals surface area (Å²) in [6, 6.07) is 1.54. The smallest absolute Gasteiger partial charge is 0.435 e. The van der Waals surface area contributed by atoms with Crippen molar-refractivity contribution in [1.82, 2.24) is 5.32 Å². The lowest BCUT2D eigenvalue weighted by atomic mass is 10.0. The molecule has 27 heavy (non-hydrogen) atoms. The second-order valence-electron chi connectivity index (χ2n) is 5.08. The minimum absolute atomic E-state index is 0.0165. The molecular weight excluding hydrogens is 431 g/mol. The first-order chi connectivity index (χ1) is 12.7. The van der Waals surface area contributed by atoms with Crippen LogP contribution in [-0.2, 0) is 24.1 Å². The first-order valence-electron chi connectivity index (χ1n) is 7.52. The summed E-state index contributed by atoms with van der Waals surface area (Å²) < 4.78 is 58.8. The first-order valence-corrected chi connectivity index (χ1v) is 10.0. The molecular formula is C15H17Cl2F2NO6S. The highest BCUT2D eigenvalue weighted by Crippen LogP contribution is 2.25. The van der Waals surface area contributed by atoms with Gasteiger partial charge in [0, 0.05) is 0 Å². The highest BCUT2D eigenvalue weighted by molar-refractivity contribution is 7.91. The van der Waals surface area contributed by atoms with Crippen molar-refractivity contribution in [2.24, 2.45) is 0 Å². The van der Waals surface area contributed by atoms with E-state index in [1.807, 2.05) is 0 Å². The number of amides is 1. The van der Waals surface area contributed by atoms with E-state index in [0.29, 0.717) is 0 Å². The van der Waals surface area contributed by atoms with Gasteiger partial charge < -0.3 is 14.8 Å². The maximum Gasteiger partial charge on any atom is 0.508 e. The van der Waals surface area contributed by atoms with E-state index in [2.05, 4.69) is 10.1 Å². The Kier molecular flexibility index (Phi) is 9.20. The van der Waals surface area contributed by atoms with Gasteiger partial charge in [-0.15, -0.1) is 0 Å². The predicted molar refractivity (Wildman–Crippen MR) is 93.9 cm³/mol. The minimum atomic E-state index is -4.11. The average Bonchev–Trinajstić information content (AvgIpc) is 2.64. The maximum absolute atomic E-state index is 13.5. The zero-order valence-corrected chi connectivity index (χ0v) is 16.4. The van der Waals surface area contributed by atoms with E-state index in [0.717, 1.165) is 12.1 Å². The van der Waals surface area contributed by atoms with Gasteiger partial charge in [0.05, 0.1) is 17.5 Å². The van der Waals surface area contributed by atoms with Crippen LogP contribution in [0.1, 0.15) is 18.6 Å². The molecule has 1 rings (SSSR count). The Bertz CT molecular complexity index is 745. The van der Waals surface area contributed by atoms with Gasteiger partial charge in [-0.05, 0) is 24.6 Å². The molecule has 0 unspecified atom stereocenters. The Balaban J connectivity index is 3.20. The lowest BCUT2D eigenvalue weighted by molar-refractivity contribution is -0.121. The molecule has 0 aliphatic carbocycles. The van der Waals surface area contributed by atoms with Crippen LogP contribution in [0.2, 0.25) is 0 Å². The molecule has 1 aromatic carbocycles. The Labute approximate surface area is 164 Å². The van der Waals surface area contributed by atoms with E-state index in [4.69, 9.17) is 27.9 Å². The van der Waals surface area contributed by atoms with E-state index in [1.54, 1.807) is 0 Å². The molecule has 0 spiro atoms. The van der Waals surface area contributed by atoms with Crippen LogP contribution in [0.25, 0.3) is 0 Å². The number of ether oxygens (including phenoxy) is 2. The van der Waals surface area contributed by atoms with Crippen LogP contribution < -0.4 is 5.32 Å². The molecule has 1 N–H and O–H groups in total. The molecule has 0 heterocycles. The van der Waals surface area contributed by atoms with Gasteiger partial charge in [0.15, 0.2) is 16.9 Å². The van der Waals surface area contributed by atoms with Gasteiger partial charge in [0.1, 0.15) is 6.67 Å². The van der Waals surface area contributed by atoms with Crippen LogP contribution in [0, 0.1) is 0 Å². The summed E-state index contributed by atoms with van der Waals surface area (Å²) in [4.78, 5) is 21.5. The monoisotopic (exact) mass is 447 g/mol. The summed E-state index contributed by atoms with van der Waals surface area (Å²) in [5.74, 6) is -0.921. The summed E-state index contributed by atoms with van der Waals surface area (Å²) in [5, 5.41) is 2.18. The van der Waals surface area contributed by atoms with Gasteiger partial charge in [-0.3, -0.25) is 4.79 Å². The third-order valence-electron chi connectivity index (χ3n) is 3.25. The molecule has 0 bridgehead atoms. The third kappa shape index (κ3) is 6.78. The van der Waals surface area contributed by atoms with Crippen LogP contribution in [0.5, 0.6) is 0 Å². The fourth-order valence-corrected chi connectivity index (χ4v) is 2.81. The molecule has 0 fully saturated rings. The second kappa shape index (κ2) is 10.6. The molecule has 1 amide bonds. The van der Waals surface area contributed by atoms with Gasteiger partial charge in [-0.25, -0.2) is 22.0 Å². The van der Waals surface area contributed by atoms with Crippen LogP contribution in [0.4, 0.5) is 13.6 Å². The number of sulfone groups is 1. The van der Waals surface area contributed by atoms with Crippen molar-refractivity contribution >= 4 is 45.1 Å². The van der Waals surface area contributed by atoms with Crippen LogP contribution in [-0.4, -0.2) is 50.6 Å². The lowest BCUT2D eigenvalue weighted by Gasteiger charge is -2.26. The van der Waals surface area contributed by atoms with Crippen LogP contribution in [0.15, 0.2) is 29.2 Å². The van der Waals surface area contributed by atoms with Crippen molar-refractivity contribution in [3.8, 4) is 0 Å². The Morgan fingerprint density at radius 2 is 1.78 bits per heavy atom. The number of benzene rings is 1. The van der Waals surface area contributed by atoms with Crippen molar-refractivity contribution in [2.45, 2.75) is 28.8 Å². The molecule has 0 aliphatic rings. The molecule has 0 aromatic heterocycles. The number of rotatable bonds is 9. The molecule has 0 saturated heterocycles. The molecule has 0 radical (unpaired) electrons. The van der Waals surface area contributed by atoms with Gasteiger partial charge in [0.2, 0.25) is 9.84 Å². The molecule has 2 atom stereocenters. The summed E-state index contributed by atoms with van der Waals surface area (Å²) >= 11 is 10.8. The van der Waals surface area contributed by atoms with Crippen molar-refractivity contribution in [2.75, 3.05) is 19.3 Å². The lowest BCUT2D eigenvalue weighted by Crippen LogP contribution is -2.44. The number of alkyl halides is 4. The SMILES string of the molecule is CCOC(=O)O[C@H](c1ccc(S(=O)(=O)CF)cc1)[C@@H](CF)NC(=O)C(Cl)Cl. The van der Waals surface area contributed by atoms with Crippen LogP contribution in [0.3, 0.4) is 0 Å². The normalized spacial score (nSPS) is 13.7. The summed E-state index contributed by atoms with van der Waals surface area (Å²) in [6.07, 6.45) is -2.52. The Hall–Kier alpha value is -1.65. The molecule has 1 aromatic rings. The van der Waals surface area contributed by atoms with Crippen molar-refractivity contribution in [3.63, 3.8) is 0 Å². The topological polar surface area (TPSA) is 98.8 Å². The van der Waals surface area contributed by atoms with Gasteiger partial charge in [-0.1, -0.05) is 35.3 Å². The van der Waals surface area contributed by atoms with E-state index in [-0.39, 0.29) is 17.1 Å². The summed E-state index contributed by atoms with van der Waals surface area (Å²) in [7, 11) is -4.11. The maximum atomic E-state index is 13.5. The van der Waals surface area contributed by atoms with E-state index >= 15 is 0 Å². The number of hydrogen-bond acceptors (Lipinski definition) is 6. The second-order valence-corrected chi connectivity index (χ2v) is 8.10. The highest BCUT2D eigenvalue weighted by Gasteiger charge is 2.31. The number of carbonyl (C=O) groups is 2. The Morgan fingerprint density at radius 3 is 2.22 bits per heavy atom. The van der Waals surface area contributed by atoms with Crippen molar-refractivity contribution < 1.29 is 36.3 Å². The van der Waals surface area contributed by atoms with E-state index in [1.165, 1.54) is 19.1 Å². The molecule has 0 saturated carbocycles. The number of carbonyl (C=O) groups excluding carboxylic acids is 2. The number of halogens is 4. The predicted octanol–water partition coefficient (Wildman–Crippen LogP) is 2.86. The highest BCUT2D eigenvalue weighted by atomic mass is 35.5. The van der Waals surface area contributed by atoms with Crippen molar-refractivity contribution in [1.29, 1.82) is 0 Å². The minimum Gasteiger partial charge on any atom is -0.435 e. The van der Waals surface area contributed by atoms with Crippen LogP contribution >= 0.6 is 23.2 Å². The standard InChI is InChI=1S/C15H17Cl2F2NO6S/c1-2-25-15(22)26-12(11(7-18)20-14(21)13(16)17)9-3-5-10(6-4-9)27(23,24)8-19/h3-6,11-13H,2,7-8H2,1H3,(H,20,21)/t11-,12-/m1/s1. The molecule has 7 nitrogen and oxygen atoms in total. The zero-order valence-electron chi connectivity index (χ0n) is 14.0. The number of nitrogens with one attached hydrogen (secondary N) is 1. The Morgan fingerprint density at radius 1 is 1.19 bits per heavy atom. The summed E-state index contributed by atoms with van der Waals surface area (Å²) in [6.45, 7) is 0.338. The van der Waals surface area contributed by atoms with E-state index < -0.39 is 51.6 Å². The largest absolute Gasteiger partial charge is 0.508 e. The van der Waals surface area contributed by atoms with Gasteiger partial charge in [0.25, 0.3) is 5.91 Å². The average molecular weight is 448 g/mol. The van der Waals surface area contributed by atoms with E-state index in [9.17, 15) is 26.8 Å². The molecule has 12 heteroatoms. The van der Waals surface area contributed by atoms with Crippen molar-refractivity contribution in [3.05, 3.63) is 29.8 Å². The van der Waals surface area contributed by atoms with Gasteiger partial charge in [-0.2, -0.15) is 0 Å². The quantitative estimate of drug-likeness (QED) is 0.461. The first kappa shape index (κ1) is 23.4. The fraction of sp³-hybridized carbons (Fsp3) is 0.467. The van der Waals surface area contributed by atoms with Gasteiger partial charge >= 0.3 is 6.16 Å². The molecule has 152 valence electrons. The molecule has 0 aliphatic heterocycles. The third-order valence-corrected chi connectivity index (χ3v) is 4.93. The fourth-order valence-electron chi connectivity index (χ4n) is 2.01. The summed E-state index contributed by atoms with van der Waals surface area (Å²) in [5.41, 5.74) is 0.129. The zero-order chi connectivity index (χ0) is 20.6. The number of hydrogen-bond donors (Lipinski definition) is 1.